The largest absolute Gasteiger partial charge is 0.361 e. The molecule has 1 N–H and O–H groups in total. The smallest absolute Gasteiger partial charge is 0.183 e. The molecule has 0 spiro atoms. The Balaban J connectivity index is 1.75. The van der Waals surface area contributed by atoms with Crippen molar-refractivity contribution in [3.63, 3.8) is 0 Å². The number of anilines is 1. The first-order valence-corrected chi connectivity index (χ1v) is 7.18. The van der Waals surface area contributed by atoms with Gasteiger partial charge in [-0.2, -0.15) is 5.10 Å². The minimum Gasteiger partial charge on any atom is -0.361 e. The number of nitrogens with one attached hydrogen (secondary N) is 1. The molecule has 0 atom stereocenters. The van der Waals surface area contributed by atoms with E-state index in [0.29, 0.717) is 0 Å². The van der Waals surface area contributed by atoms with E-state index in [0.717, 1.165) is 34.9 Å². The van der Waals surface area contributed by atoms with Gasteiger partial charge in [0.05, 0.1) is 5.69 Å². The minimum absolute atomic E-state index is 0.892. The molecule has 0 unspecified atom stereocenters. The van der Waals surface area contributed by atoms with Crippen molar-refractivity contribution in [2.24, 2.45) is 0 Å². The summed E-state index contributed by atoms with van der Waals surface area (Å²) in [6.07, 6.45) is 1.04. The highest BCUT2D eigenvalue weighted by Crippen LogP contribution is 2.19. The molecule has 0 fully saturated rings. The molecule has 0 bridgehead atoms. The summed E-state index contributed by atoms with van der Waals surface area (Å²) < 4.78 is 2.94. The molecule has 6 heteroatoms. The summed E-state index contributed by atoms with van der Waals surface area (Å²) in [4.78, 5) is 4.28. The molecule has 0 amide bonds. The van der Waals surface area contributed by atoms with E-state index in [2.05, 4.69) is 49.0 Å². The molecule has 0 aromatic carbocycles. The van der Waals surface area contributed by atoms with Gasteiger partial charge < -0.3 is 5.32 Å². The Bertz CT molecular complexity index is 491. The molecular weight excluding hydrogens is 300 g/mol. The fourth-order valence-corrected chi connectivity index (χ4v) is 2.83. The standard InChI is InChI=1S/C11H15BrN4S/c1-8-6-9(2)16(15-8)5-3-4-13-11-14-10(12)7-17-11/h6-7H,3-5H2,1-2H3,(H,13,14). The van der Waals surface area contributed by atoms with Crippen molar-refractivity contribution in [3.8, 4) is 0 Å². The van der Waals surface area contributed by atoms with Gasteiger partial charge in [0.25, 0.3) is 0 Å². The van der Waals surface area contributed by atoms with Crippen LogP contribution in [0.5, 0.6) is 0 Å². The van der Waals surface area contributed by atoms with Crippen LogP contribution in [0.1, 0.15) is 17.8 Å². The van der Waals surface area contributed by atoms with Crippen molar-refractivity contribution in [3.05, 3.63) is 27.4 Å². The maximum atomic E-state index is 4.43. The number of aryl methyl sites for hydroxylation is 3. The Morgan fingerprint density at radius 3 is 2.88 bits per heavy atom. The van der Waals surface area contributed by atoms with E-state index in [9.17, 15) is 0 Å². The lowest BCUT2D eigenvalue weighted by Gasteiger charge is -2.05. The molecule has 92 valence electrons. The zero-order valence-corrected chi connectivity index (χ0v) is 12.3. The summed E-state index contributed by atoms with van der Waals surface area (Å²) in [6.45, 7) is 5.97. The van der Waals surface area contributed by atoms with Crippen LogP contribution in [0.15, 0.2) is 16.0 Å². The average Bonchev–Trinajstić information content (AvgIpc) is 2.81. The summed E-state index contributed by atoms with van der Waals surface area (Å²) in [5, 5.41) is 10.7. The van der Waals surface area contributed by atoms with Gasteiger partial charge in [0.1, 0.15) is 4.60 Å². The predicted molar refractivity (Wildman–Crippen MR) is 74.6 cm³/mol. The zero-order chi connectivity index (χ0) is 12.3. The molecule has 2 heterocycles. The summed E-state index contributed by atoms with van der Waals surface area (Å²) >= 11 is 4.95. The first-order valence-electron chi connectivity index (χ1n) is 5.51. The third-order valence-corrected chi connectivity index (χ3v) is 3.91. The fourth-order valence-electron chi connectivity index (χ4n) is 1.66. The van der Waals surface area contributed by atoms with Gasteiger partial charge in [-0.1, -0.05) is 0 Å². The monoisotopic (exact) mass is 314 g/mol. The van der Waals surface area contributed by atoms with Crippen LogP contribution in [-0.2, 0) is 6.54 Å². The Hall–Kier alpha value is -0.880. The number of halogens is 1. The molecular formula is C11H15BrN4S. The van der Waals surface area contributed by atoms with Crippen molar-refractivity contribution in [2.75, 3.05) is 11.9 Å². The topological polar surface area (TPSA) is 42.7 Å². The third kappa shape index (κ3) is 3.54. The molecule has 2 aromatic heterocycles. The van der Waals surface area contributed by atoms with E-state index in [1.54, 1.807) is 11.3 Å². The van der Waals surface area contributed by atoms with Crippen LogP contribution in [0.3, 0.4) is 0 Å². The third-order valence-electron chi connectivity index (χ3n) is 2.40. The highest BCUT2D eigenvalue weighted by molar-refractivity contribution is 9.10. The summed E-state index contributed by atoms with van der Waals surface area (Å²) in [7, 11) is 0. The van der Waals surface area contributed by atoms with E-state index in [1.807, 2.05) is 12.3 Å². The molecule has 2 aromatic rings. The SMILES string of the molecule is Cc1cc(C)n(CCCNc2nc(Br)cs2)n1. The van der Waals surface area contributed by atoms with Crippen LogP contribution in [0, 0.1) is 13.8 Å². The Morgan fingerprint density at radius 2 is 2.29 bits per heavy atom. The van der Waals surface area contributed by atoms with Crippen molar-refractivity contribution >= 4 is 32.4 Å². The molecule has 2 rings (SSSR count). The number of nitrogens with zero attached hydrogens (tertiary/aromatic N) is 3. The minimum atomic E-state index is 0.892. The molecule has 0 saturated heterocycles. The first kappa shape index (κ1) is 12.6. The van der Waals surface area contributed by atoms with Crippen LogP contribution in [0.2, 0.25) is 0 Å². The number of hydrogen-bond acceptors (Lipinski definition) is 4. The first-order chi connectivity index (χ1) is 8.15. The normalized spacial score (nSPS) is 10.8. The van der Waals surface area contributed by atoms with Gasteiger partial charge >= 0.3 is 0 Å². The number of rotatable bonds is 5. The van der Waals surface area contributed by atoms with Crippen LogP contribution in [0.25, 0.3) is 0 Å². The van der Waals surface area contributed by atoms with Crippen molar-refractivity contribution in [2.45, 2.75) is 26.8 Å². The second-order valence-corrected chi connectivity index (χ2v) is 5.58. The fraction of sp³-hybridized carbons (Fsp3) is 0.455. The molecule has 0 aliphatic heterocycles. The molecule has 0 aliphatic carbocycles. The highest BCUT2D eigenvalue weighted by atomic mass is 79.9. The van der Waals surface area contributed by atoms with Crippen LogP contribution >= 0.6 is 27.3 Å². The molecule has 4 nitrogen and oxygen atoms in total. The Kier molecular flexibility index (Phi) is 4.17. The predicted octanol–water partition coefficient (Wildman–Crippen LogP) is 3.22. The zero-order valence-electron chi connectivity index (χ0n) is 9.90. The van der Waals surface area contributed by atoms with Gasteiger partial charge in [-0.25, -0.2) is 4.98 Å². The van der Waals surface area contributed by atoms with E-state index in [1.165, 1.54) is 5.69 Å². The van der Waals surface area contributed by atoms with Crippen LogP contribution in [-0.4, -0.2) is 21.3 Å². The van der Waals surface area contributed by atoms with Gasteiger partial charge in [-0.15, -0.1) is 11.3 Å². The van der Waals surface area contributed by atoms with Gasteiger partial charge in [0, 0.05) is 24.2 Å². The lowest BCUT2D eigenvalue weighted by Crippen LogP contribution is -2.08. The second kappa shape index (κ2) is 5.64. The molecule has 0 saturated carbocycles. The highest BCUT2D eigenvalue weighted by Gasteiger charge is 2.01. The number of aromatic nitrogens is 3. The Labute approximate surface area is 113 Å². The van der Waals surface area contributed by atoms with Gasteiger partial charge in [-0.05, 0) is 42.3 Å². The summed E-state index contributed by atoms with van der Waals surface area (Å²) in [5.41, 5.74) is 2.30. The van der Waals surface area contributed by atoms with E-state index in [4.69, 9.17) is 0 Å². The van der Waals surface area contributed by atoms with Gasteiger partial charge in [-0.3, -0.25) is 4.68 Å². The number of thiazole rings is 1. The molecule has 0 radical (unpaired) electrons. The molecule has 0 aliphatic rings. The van der Waals surface area contributed by atoms with Crippen LogP contribution < -0.4 is 5.32 Å². The van der Waals surface area contributed by atoms with Crippen molar-refractivity contribution < 1.29 is 0 Å². The number of hydrogen-bond donors (Lipinski definition) is 1. The van der Waals surface area contributed by atoms with Crippen molar-refractivity contribution in [1.29, 1.82) is 0 Å². The average molecular weight is 315 g/mol. The van der Waals surface area contributed by atoms with E-state index < -0.39 is 0 Å². The lowest BCUT2D eigenvalue weighted by atomic mass is 10.4. The van der Waals surface area contributed by atoms with Crippen molar-refractivity contribution in [1.82, 2.24) is 14.8 Å². The molecule has 17 heavy (non-hydrogen) atoms. The van der Waals surface area contributed by atoms with Gasteiger partial charge in [0.15, 0.2) is 5.13 Å². The summed E-state index contributed by atoms with van der Waals surface area (Å²) in [5.74, 6) is 0. The van der Waals surface area contributed by atoms with Crippen LogP contribution in [0.4, 0.5) is 5.13 Å². The quantitative estimate of drug-likeness (QED) is 0.862. The van der Waals surface area contributed by atoms with Gasteiger partial charge in [0.2, 0.25) is 0 Å². The Morgan fingerprint density at radius 1 is 1.47 bits per heavy atom. The summed E-state index contributed by atoms with van der Waals surface area (Å²) in [6, 6.07) is 2.10. The van der Waals surface area contributed by atoms with E-state index >= 15 is 0 Å². The lowest BCUT2D eigenvalue weighted by molar-refractivity contribution is 0.573. The second-order valence-electron chi connectivity index (χ2n) is 3.91. The maximum absolute atomic E-state index is 4.43. The van der Waals surface area contributed by atoms with E-state index in [-0.39, 0.29) is 0 Å². The maximum Gasteiger partial charge on any atom is 0.183 e.